The summed E-state index contributed by atoms with van der Waals surface area (Å²) in [6.45, 7) is 3.03. The first-order valence-electron chi connectivity index (χ1n) is 7.25. The fraction of sp³-hybridized carbons (Fsp3) is 0.533. The Morgan fingerprint density at radius 1 is 1.26 bits per heavy atom. The van der Waals surface area contributed by atoms with Crippen LogP contribution in [0.15, 0.2) is 29.2 Å². The smallest absolute Gasteiger partial charge is 0.303 e. The van der Waals surface area contributed by atoms with Crippen molar-refractivity contribution >= 4 is 39.6 Å². The van der Waals surface area contributed by atoms with Crippen LogP contribution in [0.3, 0.4) is 0 Å². The van der Waals surface area contributed by atoms with Crippen molar-refractivity contribution in [3.05, 3.63) is 29.8 Å². The molecule has 1 saturated heterocycles. The van der Waals surface area contributed by atoms with Crippen molar-refractivity contribution in [3.63, 3.8) is 0 Å². The fourth-order valence-electron chi connectivity index (χ4n) is 2.03. The Morgan fingerprint density at radius 3 is 2.43 bits per heavy atom. The number of ether oxygens (including phenoxy) is 1. The SMILES string of the molecule is CC(=O)OC(COS(=O)(=O)c1ccc(C)cc1)C1SCCCS1. The van der Waals surface area contributed by atoms with Gasteiger partial charge in [-0.3, -0.25) is 8.98 Å². The summed E-state index contributed by atoms with van der Waals surface area (Å²) < 4.78 is 34.9. The normalized spacial score (nSPS) is 17.7. The number of thioether (sulfide) groups is 2. The van der Waals surface area contributed by atoms with E-state index in [2.05, 4.69) is 0 Å². The highest BCUT2D eigenvalue weighted by atomic mass is 32.2. The number of benzene rings is 1. The summed E-state index contributed by atoms with van der Waals surface area (Å²) in [5.41, 5.74) is 0.969. The first-order valence-corrected chi connectivity index (χ1v) is 10.8. The molecule has 0 N–H and O–H groups in total. The van der Waals surface area contributed by atoms with Gasteiger partial charge in [0.05, 0.1) is 9.48 Å². The minimum atomic E-state index is -3.86. The molecule has 0 aromatic heterocycles. The van der Waals surface area contributed by atoms with Gasteiger partial charge in [0.2, 0.25) is 0 Å². The number of aryl methyl sites for hydroxylation is 1. The molecule has 0 saturated carbocycles. The van der Waals surface area contributed by atoms with E-state index in [0.717, 1.165) is 23.5 Å². The van der Waals surface area contributed by atoms with Gasteiger partial charge in [-0.2, -0.15) is 8.42 Å². The van der Waals surface area contributed by atoms with Crippen LogP contribution in [-0.2, 0) is 23.8 Å². The number of hydrogen-bond acceptors (Lipinski definition) is 7. The molecule has 1 fully saturated rings. The maximum absolute atomic E-state index is 12.2. The average Bonchev–Trinajstić information content (AvgIpc) is 2.52. The molecule has 1 atom stereocenters. The van der Waals surface area contributed by atoms with Gasteiger partial charge in [0.15, 0.2) is 0 Å². The second-order valence-electron chi connectivity index (χ2n) is 5.16. The molecule has 1 aromatic rings. The van der Waals surface area contributed by atoms with Crippen molar-refractivity contribution in [1.29, 1.82) is 0 Å². The molecule has 128 valence electrons. The van der Waals surface area contributed by atoms with E-state index in [1.807, 2.05) is 6.92 Å². The van der Waals surface area contributed by atoms with Crippen LogP contribution in [0, 0.1) is 6.92 Å². The summed E-state index contributed by atoms with van der Waals surface area (Å²) in [6, 6.07) is 6.45. The zero-order valence-electron chi connectivity index (χ0n) is 13.1. The van der Waals surface area contributed by atoms with E-state index in [4.69, 9.17) is 8.92 Å². The Labute approximate surface area is 145 Å². The Balaban J connectivity index is 2.04. The van der Waals surface area contributed by atoms with Crippen molar-refractivity contribution in [3.8, 4) is 0 Å². The Hall–Kier alpha value is -0.700. The fourth-order valence-corrected chi connectivity index (χ4v) is 5.88. The number of esters is 1. The van der Waals surface area contributed by atoms with Crippen molar-refractivity contribution in [2.75, 3.05) is 18.1 Å². The molecule has 1 aromatic carbocycles. The monoisotopic (exact) mass is 376 g/mol. The zero-order chi connectivity index (χ0) is 16.9. The molecular weight excluding hydrogens is 356 g/mol. The van der Waals surface area contributed by atoms with Gasteiger partial charge in [0, 0.05) is 6.92 Å². The van der Waals surface area contributed by atoms with Crippen molar-refractivity contribution in [2.24, 2.45) is 0 Å². The molecule has 23 heavy (non-hydrogen) atoms. The van der Waals surface area contributed by atoms with Gasteiger partial charge in [0.1, 0.15) is 12.7 Å². The Morgan fingerprint density at radius 2 is 1.87 bits per heavy atom. The topological polar surface area (TPSA) is 69.7 Å². The maximum atomic E-state index is 12.2. The molecule has 0 aliphatic carbocycles. The van der Waals surface area contributed by atoms with Crippen LogP contribution < -0.4 is 0 Å². The highest BCUT2D eigenvalue weighted by molar-refractivity contribution is 8.17. The van der Waals surface area contributed by atoms with Crippen LogP contribution in [0.5, 0.6) is 0 Å². The summed E-state index contributed by atoms with van der Waals surface area (Å²) >= 11 is 3.35. The molecule has 1 unspecified atom stereocenters. The van der Waals surface area contributed by atoms with Crippen molar-refractivity contribution in [2.45, 2.75) is 35.8 Å². The first kappa shape index (κ1) is 18.6. The lowest BCUT2D eigenvalue weighted by Crippen LogP contribution is -2.33. The van der Waals surface area contributed by atoms with E-state index >= 15 is 0 Å². The lowest BCUT2D eigenvalue weighted by Gasteiger charge is -2.28. The molecule has 1 heterocycles. The van der Waals surface area contributed by atoms with Crippen LogP contribution >= 0.6 is 23.5 Å². The molecule has 0 amide bonds. The average molecular weight is 377 g/mol. The van der Waals surface area contributed by atoms with Crippen LogP contribution in [-0.4, -0.2) is 43.2 Å². The molecule has 8 heteroatoms. The van der Waals surface area contributed by atoms with E-state index in [-0.39, 0.29) is 16.1 Å². The van der Waals surface area contributed by atoms with E-state index < -0.39 is 22.2 Å². The van der Waals surface area contributed by atoms with Gasteiger partial charge < -0.3 is 4.74 Å². The largest absolute Gasteiger partial charge is 0.458 e. The molecule has 0 spiro atoms. The van der Waals surface area contributed by atoms with Crippen LogP contribution in [0.2, 0.25) is 0 Å². The van der Waals surface area contributed by atoms with E-state index in [9.17, 15) is 13.2 Å². The second kappa shape index (κ2) is 8.41. The van der Waals surface area contributed by atoms with Crippen molar-refractivity contribution < 1.29 is 22.1 Å². The van der Waals surface area contributed by atoms with Crippen LogP contribution in [0.1, 0.15) is 18.9 Å². The molecule has 5 nitrogen and oxygen atoms in total. The Kier molecular flexibility index (Phi) is 6.82. The lowest BCUT2D eigenvalue weighted by atomic mass is 10.2. The predicted octanol–water partition coefficient (Wildman–Crippen LogP) is 2.83. The number of carbonyl (C=O) groups is 1. The minimum Gasteiger partial charge on any atom is -0.458 e. The number of rotatable bonds is 6. The number of carbonyl (C=O) groups excluding carboxylic acids is 1. The van der Waals surface area contributed by atoms with Gasteiger partial charge in [-0.05, 0) is 37.0 Å². The standard InChI is InChI=1S/C15H20O5S3/c1-11-4-6-13(7-5-11)23(17,18)19-10-14(20-12(2)16)15-21-8-3-9-22-15/h4-7,14-15H,3,8-10H2,1-2H3. The molecule has 1 aliphatic rings. The third-order valence-corrected chi connectivity index (χ3v) is 7.60. The van der Waals surface area contributed by atoms with E-state index in [0.29, 0.717) is 0 Å². The van der Waals surface area contributed by atoms with Gasteiger partial charge in [-0.25, -0.2) is 0 Å². The number of hydrogen-bond donors (Lipinski definition) is 0. The second-order valence-corrected chi connectivity index (χ2v) is 9.58. The summed E-state index contributed by atoms with van der Waals surface area (Å²) in [7, 11) is -3.86. The third kappa shape index (κ3) is 5.70. The molecule has 0 bridgehead atoms. The quantitative estimate of drug-likeness (QED) is 0.558. The molecular formula is C15H20O5S3. The van der Waals surface area contributed by atoms with Gasteiger partial charge in [0.25, 0.3) is 10.1 Å². The summed E-state index contributed by atoms with van der Waals surface area (Å²) in [5.74, 6) is 1.51. The predicted molar refractivity (Wildman–Crippen MR) is 93.2 cm³/mol. The van der Waals surface area contributed by atoms with Crippen molar-refractivity contribution in [1.82, 2.24) is 0 Å². The van der Waals surface area contributed by atoms with Gasteiger partial charge >= 0.3 is 5.97 Å². The molecule has 2 rings (SSSR count). The molecule has 1 aliphatic heterocycles. The Bertz CT molecular complexity index is 621. The van der Waals surface area contributed by atoms with Gasteiger partial charge in [-0.15, -0.1) is 23.5 Å². The highest BCUT2D eigenvalue weighted by Crippen LogP contribution is 2.34. The van der Waals surface area contributed by atoms with E-state index in [1.54, 1.807) is 35.7 Å². The van der Waals surface area contributed by atoms with Crippen LogP contribution in [0.4, 0.5) is 0 Å². The summed E-state index contributed by atoms with van der Waals surface area (Å²) in [6.07, 6.45) is 0.518. The third-order valence-electron chi connectivity index (χ3n) is 3.17. The maximum Gasteiger partial charge on any atom is 0.303 e. The molecule has 0 radical (unpaired) electrons. The van der Waals surface area contributed by atoms with Gasteiger partial charge in [-0.1, -0.05) is 17.7 Å². The first-order chi connectivity index (χ1) is 10.9. The summed E-state index contributed by atoms with van der Waals surface area (Å²) in [5, 5.41) is 0. The lowest BCUT2D eigenvalue weighted by molar-refractivity contribution is -0.146. The van der Waals surface area contributed by atoms with E-state index in [1.165, 1.54) is 19.1 Å². The summed E-state index contributed by atoms with van der Waals surface area (Å²) in [4.78, 5) is 11.4. The zero-order valence-corrected chi connectivity index (χ0v) is 15.5. The van der Waals surface area contributed by atoms with Crippen LogP contribution in [0.25, 0.3) is 0 Å². The highest BCUT2D eigenvalue weighted by Gasteiger charge is 2.30. The minimum absolute atomic E-state index is 0.000804.